The molecule has 1 N–H and O–H groups in total. The van der Waals surface area contributed by atoms with E-state index in [1.807, 2.05) is 0 Å². The van der Waals surface area contributed by atoms with Crippen LogP contribution < -0.4 is 5.32 Å². The van der Waals surface area contributed by atoms with E-state index >= 15 is 0 Å². The lowest BCUT2D eigenvalue weighted by Crippen LogP contribution is -2.64. The Kier molecular flexibility index (Phi) is 6.61. The normalized spacial score (nSPS) is 30.0. The molecule has 3 heteroatoms. The zero-order valence-corrected chi connectivity index (χ0v) is 13.0. The van der Waals surface area contributed by atoms with Crippen molar-refractivity contribution in [2.24, 2.45) is 5.92 Å². The van der Waals surface area contributed by atoms with Gasteiger partial charge in [-0.15, -0.1) is 0 Å². The summed E-state index contributed by atoms with van der Waals surface area (Å²) in [5.74, 6) is 0.709. The highest BCUT2D eigenvalue weighted by Crippen LogP contribution is 2.24. The first-order chi connectivity index (χ1) is 8.53. The maximum Gasteiger partial charge on any atom is 0.0478 e. The van der Waals surface area contributed by atoms with Crippen LogP contribution in [0.2, 0.25) is 0 Å². The van der Waals surface area contributed by atoms with Crippen molar-refractivity contribution in [3.63, 3.8) is 0 Å². The van der Waals surface area contributed by atoms with Crippen molar-refractivity contribution < 1.29 is 4.74 Å². The molecule has 0 saturated carbocycles. The molecule has 1 rings (SSSR count). The van der Waals surface area contributed by atoms with Crippen molar-refractivity contribution in [2.75, 3.05) is 32.8 Å². The zero-order valence-electron chi connectivity index (χ0n) is 13.0. The number of nitrogens with one attached hydrogen (secondary N) is 1. The Morgan fingerprint density at radius 1 is 1.39 bits per heavy atom. The highest BCUT2D eigenvalue weighted by molar-refractivity contribution is 4.95. The molecular weight excluding hydrogens is 224 g/mol. The topological polar surface area (TPSA) is 24.5 Å². The second kappa shape index (κ2) is 7.46. The van der Waals surface area contributed by atoms with Crippen molar-refractivity contribution in [2.45, 2.75) is 59.0 Å². The highest BCUT2D eigenvalue weighted by Gasteiger charge is 2.36. The summed E-state index contributed by atoms with van der Waals surface area (Å²) in [7, 11) is 0. The van der Waals surface area contributed by atoms with E-state index in [0.29, 0.717) is 17.5 Å². The fourth-order valence-electron chi connectivity index (χ4n) is 2.64. The highest BCUT2D eigenvalue weighted by atomic mass is 16.5. The molecule has 0 aromatic heterocycles. The van der Waals surface area contributed by atoms with Gasteiger partial charge in [0.15, 0.2) is 0 Å². The Morgan fingerprint density at radius 2 is 2.11 bits per heavy atom. The Morgan fingerprint density at radius 3 is 2.67 bits per heavy atom. The molecule has 1 fully saturated rings. The van der Waals surface area contributed by atoms with Gasteiger partial charge in [0.05, 0.1) is 0 Å². The van der Waals surface area contributed by atoms with Crippen molar-refractivity contribution in [1.29, 1.82) is 0 Å². The van der Waals surface area contributed by atoms with Crippen molar-refractivity contribution in [1.82, 2.24) is 10.2 Å². The quantitative estimate of drug-likeness (QED) is 0.708. The maximum absolute atomic E-state index is 5.46. The van der Waals surface area contributed by atoms with E-state index < -0.39 is 0 Å². The predicted molar refractivity (Wildman–Crippen MR) is 78.0 cm³/mol. The van der Waals surface area contributed by atoms with Gasteiger partial charge in [-0.25, -0.2) is 0 Å². The first-order valence-corrected chi connectivity index (χ1v) is 7.59. The van der Waals surface area contributed by atoms with E-state index in [-0.39, 0.29) is 0 Å². The first-order valence-electron chi connectivity index (χ1n) is 7.59. The van der Waals surface area contributed by atoms with Crippen LogP contribution in [0.1, 0.15) is 47.5 Å². The molecule has 0 aromatic rings. The van der Waals surface area contributed by atoms with E-state index in [2.05, 4.69) is 44.8 Å². The Bertz CT molecular complexity index is 233. The molecule has 108 valence electrons. The van der Waals surface area contributed by atoms with Crippen LogP contribution in [0, 0.1) is 5.92 Å². The molecule has 2 unspecified atom stereocenters. The van der Waals surface area contributed by atoms with E-state index in [1.165, 1.54) is 13.0 Å². The van der Waals surface area contributed by atoms with Gasteiger partial charge in [-0.1, -0.05) is 20.8 Å². The maximum atomic E-state index is 5.46. The van der Waals surface area contributed by atoms with E-state index in [9.17, 15) is 0 Å². The summed E-state index contributed by atoms with van der Waals surface area (Å²) in [4.78, 5) is 2.67. The van der Waals surface area contributed by atoms with Crippen LogP contribution in [-0.4, -0.2) is 49.3 Å². The Hall–Kier alpha value is -0.120. The average Bonchev–Trinajstić information content (AvgIpc) is 2.36. The van der Waals surface area contributed by atoms with Crippen molar-refractivity contribution in [3.05, 3.63) is 0 Å². The van der Waals surface area contributed by atoms with Gasteiger partial charge in [0.25, 0.3) is 0 Å². The van der Waals surface area contributed by atoms with Crippen LogP contribution in [0.3, 0.4) is 0 Å². The molecule has 1 heterocycles. The Labute approximate surface area is 113 Å². The number of piperazine rings is 1. The van der Waals surface area contributed by atoms with E-state index in [0.717, 1.165) is 32.7 Å². The predicted octanol–water partition coefficient (Wildman–Crippen LogP) is 2.51. The monoisotopic (exact) mass is 256 g/mol. The molecule has 0 aliphatic carbocycles. The van der Waals surface area contributed by atoms with Gasteiger partial charge >= 0.3 is 0 Å². The van der Waals surface area contributed by atoms with Crippen molar-refractivity contribution >= 4 is 0 Å². The summed E-state index contributed by atoms with van der Waals surface area (Å²) >= 11 is 0. The molecule has 0 radical (unpaired) electrons. The van der Waals surface area contributed by atoms with Gasteiger partial charge in [0.1, 0.15) is 0 Å². The standard InChI is InChI=1S/C15H32N2O/c1-6-15(5)12-16-14(13(3)4)11-17(15)9-8-10-18-7-2/h13-14,16H,6-12H2,1-5H3. The summed E-state index contributed by atoms with van der Waals surface area (Å²) in [6.07, 6.45) is 2.35. The third kappa shape index (κ3) is 4.22. The lowest BCUT2D eigenvalue weighted by Gasteiger charge is -2.49. The molecule has 1 saturated heterocycles. The van der Waals surface area contributed by atoms with Crippen LogP contribution in [0.25, 0.3) is 0 Å². The fourth-order valence-corrected chi connectivity index (χ4v) is 2.64. The summed E-state index contributed by atoms with van der Waals surface area (Å²) < 4.78 is 5.46. The van der Waals surface area contributed by atoms with E-state index in [1.54, 1.807) is 0 Å². The molecule has 18 heavy (non-hydrogen) atoms. The van der Waals surface area contributed by atoms with Crippen LogP contribution in [0.15, 0.2) is 0 Å². The summed E-state index contributed by atoms with van der Waals surface area (Å²) in [5.41, 5.74) is 0.317. The van der Waals surface area contributed by atoms with Gasteiger partial charge < -0.3 is 10.1 Å². The fraction of sp³-hybridized carbons (Fsp3) is 1.00. The minimum Gasteiger partial charge on any atom is -0.382 e. The van der Waals surface area contributed by atoms with Gasteiger partial charge in [-0.2, -0.15) is 0 Å². The Balaban J connectivity index is 2.50. The van der Waals surface area contributed by atoms with Crippen LogP contribution in [0.5, 0.6) is 0 Å². The van der Waals surface area contributed by atoms with Crippen LogP contribution >= 0.6 is 0 Å². The van der Waals surface area contributed by atoms with Crippen molar-refractivity contribution in [3.8, 4) is 0 Å². The molecule has 1 aliphatic rings. The molecule has 1 aliphatic heterocycles. The summed E-state index contributed by atoms with van der Waals surface area (Å²) in [5, 5.41) is 3.72. The number of rotatable bonds is 7. The molecule has 0 bridgehead atoms. The molecule has 0 amide bonds. The lowest BCUT2D eigenvalue weighted by molar-refractivity contribution is 0.0291. The number of ether oxygens (including phenoxy) is 1. The third-order valence-electron chi connectivity index (χ3n) is 4.41. The molecular formula is C15H32N2O. The minimum atomic E-state index is 0.317. The number of hydrogen-bond donors (Lipinski definition) is 1. The third-order valence-corrected chi connectivity index (χ3v) is 4.41. The minimum absolute atomic E-state index is 0.317. The lowest BCUT2D eigenvalue weighted by atomic mass is 9.89. The number of hydrogen-bond acceptors (Lipinski definition) is 3. The summed E-state index contributed by atoms with van der Waals surface area (Å²) in [6, 6.07) is 0.636. The average molecular weight is 256 g/mol. The van der Waals surface area contributed by atoms with E-state index in [4.69, 9.17) is 4.74 Å². The van der Waals surface area contributed by atoms with Gasteiger partial charge in [0.2, 0.25) is 0 Å². The van der Waals surface area contributed by atoms with Crippen LogP contribution in [0.4, 0.5) is 0 Å². The number of nitrogens with zero attached hydrogens (tertiary/aromatic N) is 1. The molecule has 0 spiro atoms. The van der Waals surface area contributed by atoms with Gasteiger partial charge in [0, 0.05) is 44.4 Å². The van der Waals surface area contributed by atoms with Gasteiger partial charge in [-0.05, 0) is 32.6 Å². The first kappa shape index (κ1) is 15.9. The second-order valence-corrected chi connectivity index (χ2v) is 6.08. The summed E-state index contributed by atoms with van der Waals surface area (Å²) in [6.45, 7) is 16.5. The SMILES string of the molecule is CCOCCCN1CC(C(C)C)NCC1(C)CC. The van der Waals surface area contributed by atoms with Gasteiger partial charge in [-0.3, -0.25) is 4.90 Å². The van der Waals surface area contributed by atoms with Crippen LogP contribution in [-0.2, 0) is 4.74 Å². The largest absolute Gasteiger partial charge is 0.382 e. The molecule has 3 nitrogen and oxygen atoms in total. The molecule has 2 atom stereocenters. The zero-order chi connectivity index (χ0) is 13.6. The smallest absolute Gasteiger partial charge is 0.0478 e. The molecule has 0 aromatic carbocycles. The second-order valence-electron chi connectivity index (χ2n) is 6.08.